The lowest BCUT2D eigenvalue weighted by atomic mass is 10.1. The van der Waals surface area contributed by atoms with Gasteiger partial charge in [0.2, 0.25) is 0 Å². The van der Waals surface area contributed by atoms with Crippen LogP contribution < -0.4 is 6.15 Å². The van der Waals surface area contributed by atoms with E-state index in [1.54, 1.807) is 0 Å². The first-order valence-electron chi connectivity index (χ1n) is 3.79. The van der Waals surface area contributed by atoms with E-state index in [4.69, 9.17) is 16.3 Å². The van der Waals surface area contributed by atoms with Crippen LogP contribution in [0.15, 0.2) is 0 Å². The Bertz CT molecular complexity index is 137. The first-order chi connectivity index (χ1) is 4.95. The normalized spacial score (nSPS) is 12.6. The molecule has 0 aromatic heterocycles. The summed E-state index contributed by atoms with van der Waals surface area (Å²) in [5.74, 6) is -0.195. The zero-order valence-corrected chi connectivity index (χ0v) is 8.89. The zero-order valence-electron chi connectivity index (χ0n) is 8.13. The van der Waals surface area contributed by atoms with Gasteiger partial charge in [-0.25, -0.2) is 0 Å². The summed E-state index contributed by atoms with van der Waals surface area (Å²) in [5, 5.41) is -0.516. The molecular formula is C8H18ClNO2. The third kappa shape index (κ3) is 5.38. The highest BCUT2D eigenvalue weighted by atomic mass is 35.5. The predicted molar refractivity (Wildman–Crippen MR) is 50.7 cm³/mol. The van der Waals surface area contributed by atoms with Gasteiger partial charge < -0.3 is 10.9 Å². The Morgan fingerprint density at radius 3 is 1.92 bits per heavy atom. The molecule has 0 saturated heterocycles. The van der Waals surface area contributed by atoms with Crippen molar-refractivity contribution in [2.75, 3.05) is 0 Å². The molecule has 0 aromatic rings. The Balaban J connectivity index is 0. The van der Waals surface area contributed by atoms with Crippen molar-refractivity contribution < 1.29 is 9.53 Å². The maximum absolute atomic E-state index is 11.0. The minimum atomic E-state index is -0.516. The van der Waals surface area contributed by atoms with Gasteiger partial charge in [0.1, 0.15) is 5.38 Å². The summed E-state index contributed by atoms with van der Waals surface area (Å²) in [7, 11) is 0. The minimum Gasteiger partial charge on any atom is -0.462 e. The lowest BCUT2D eigenvalue weighted by molar-refractivity contribution is -0.147. The molecule has 0 aliphatic rings. The van der Waals surface area contributed by atoms with Crippen LogP contribution in [0.4, 0.5) is 0 Å². The fourth-order valence-electron chi connectivity index (χ4n) is 0.569. The van der Waals surface area contributed by atoms with Crippen LogP contribution in [0, 0.1) is 5.92 Å². The van der Waals surface area contributed by atoms with Crippen molar-refractivity contribution in [3.8, 4) is 0 Å². The van der Waals surface area contributed by atoms with Crippen LogP contribution >= 0.6 is 11.6 Å². The molecule has 0 heterocycles. The number of carbonyl (C=O) groups excluding carboxylic acids is 1. The van der Waals surface area contributed by atoms with Crippen LogP contribution in [0.5, 0.6) is 0 Å². The summed E-state index contributed by atoms with van der Waals surface area (Å²) < 4.78 is 4.90. The maximum atomic E-state index is 11.0. The quantitative estimate of drug-likeness (QED) is 0.556. The highest BCUT2D eigenvalue weighted by Crippen LogP contribution is 2.11. The largest absolute Gasteiger partial charge is 0.462 e. The van der Waals surface area contributed by atoms with Gasteiger partial charge in [-0.1, -0.05) is 13.8 Å². The third-order valence-electron chi connectivity index (χ3n) is 1.16. The molecule has 0 rings (SSSR count). The van der Waals surface area contributed by atoms with Crippen LogP contribution in [0.25, 0.3) is 0 Å². The van der Waals surface area contributed by atoms with Crippen molar-refractivity contribution >= 4 is 17.6 Å². The lowest BCUT2D eigenvalue weighted by Crippen LogP contribution is -2.25. The molecule has 0 radical (unpaired) electrons. The number of carbonyl (C=O) groups is 1. The van der Waals surface area contributed by atoms with Crippen molar-refractivity contribution in [2.45, 2.75) is 39.2 Å². The Morgan fingerprint density at radius 1 is 1.25 bits per heavy atom. The number of rotatable bonds is 3. The second-order valence-electron chi connectivity index (χ2n) is 3.13. The van der Waals surface area contributed by atoms with E-state index in [1.165, 1.54) is 0 Å². The topological polar surface area (TPSA) is 61.3 Å². The predicted octanol–water partition coefficient (Wildman–Crippen LogP) is 2.36. The van der Waals surface area contributed by atoms with Gasteiger partial charge in [-0.05, 0) is 19.8 Å². The minimum absolute atomic E-state index is 0. The van der Waals surface area contributed by atoms with E-state index in [2.05, 4.69) is 0 Å². The number of halogens is 1. The standard InChI is InChI=1S/C8H15ClO2.H3N/c1-5(2)7(9)8(10)11-6(3)4;/h5-7H,1-4H3;1H3/t7-;/m0./s1. The number of hydrogen-bond donors (Lipinski definition) is 1. The molecule has 12 heavy (non-hydrogen) atoms. The van der Waals surface area contributed by atoms with Crippen LogP contribution in [0.3, 0.4) is 0 Å². The average Bonchev–Trinajstić information content (AvgIpc) is 1.84. The molecule has 0 saturated carbocycles. The highest BCUT2D eigenvalue weighted by Gasteiger charge is 2.21. The first-order valence-corrected chi connectivity index (χ1v) is 4.23. The van der Waals surface area contributed by atoms with Gasteiger partial charge in [0, 0.05) is 0 Å². The molecule has 0 aliphatic heterocycles. The summed E-state index contributed by atoms with van der Waals surface area (Å²) in [6.07, 6.45) is -0.0810. The van der Waals surface area contributed by atoms with E-state index in [1.807, 2.05) is 27.7 Å². The smallest absolute Gasteiger partial charge is 0.324 e. The van der Waals surface area contributed by atoms with Gasteiger partial charge in [0.25, 0.3) is 0 Å². The van der Waals surface area contributed by atoms with E-state index in [0.29, 0.717) is 0 Å². The van der Waals surface area contributed by atoms with Crippen LogP contribution in [0.2, 0.25) is 0 Å². The van der Waals surface area contributed by atoms with E-state index in [0.717, 1.165) is 0 Å². The van der Waals surface area contributed by atoms with Gasteiger partial charge in [0.15, 0.2) is 0 Å². The SMILES string of the molecule is CC(C)OC(=O)[C@@H](Cl)C(C)C.N. The van der Waals surface area contributed by atoms with Crippen LogP contribution in [-0.2, 0) is 9.53 Å². The van der Waals surface area contributed by atoms with Gasteiger partial charge in [-0.2, -0.15) is 0 Å². The summed E-state index contributed by atoms with van der Waals surface area (Å²) >= 11 is 5.74. The Kier molecular flexibility index (Phi) is 7.44. The van der Waals surface area contributed by atoms with Crippen LogP contribution in [0.1, 0.15) is 27.7 Å². The number of ether oxygens (including phenoxy) is 1. The van der Waals surface area contributed by atoms with E-state index in [-0.39, 0.29) is 24.1 Å². The van der Waals surface area contributed by atoms with Gasteiger partial charge in [-0.3, -0.25) is 4.79 Å². The van der Waals surface area contributed by atoms with Crippen molar-refractivity contribution in [1.29, 1.82) is 0 Å². The molecule has 0 amide bonds. The second-order valence-corrected chi connectivity index (χ2v) is 3.60. The second kappa shape index (κ2) is 6.26. The molecule has 0 aliphatic carbocycles. The van der Waals surface area contributed by atoms with Crippen molar-refractivity contribution in [2.24, 2.45) is 5.92 Å². The molecule has 3 nitrogen and oxygen atoms in total. The molecule has 3 N–H and O–H groups in total. The Morgan fingerprint density at radius 2 is 1.67 bits per heavy atom. The van der Waals surface area contributed by atoms with E-state index in [9.17, 15) is 4.79 Å². The van der Waals surface area contributed by atoms with E-state index >= 15 is 0 Å². The summed E-state index contributed by atoms with van der Waals surface area (Å²) in [5.41, 5.74) is 0. The van der Waals surface area contributed by atoms with Gasteiger partial charge in [0.05, 0.1) is 6.10 Å². The fourth-order valence-corrected chi connectivity index (χ4v) is 0.621. The summed E-state index contributed by atoms with van der Waals surface area (Å²) in [6.45, 7) is 7.39. The molecule has 74 valence electrons. The van der Waals surface area contributed by atoms with Crippen molar-refractivity contribution in [3.63, 3.8) is 0 Å². The highest BCUT2D eigenvalue weighted by molar-refractivity contribution is 6.30. The molecular weight excluding hydrogens is 178 g/mol. The molecule has 0 fully saturated rings. The average molecular weight is 196 g/mol. The molecule has 0 unspecified atom stereocenters. The fraction of sp³-hybridized carbons (Fsp3) is 0.875. The zero-order chi connectivity index (χ0) is 9.02. The van der Waals surface area contributed by atoms with Gasteiger partial charge in [-0.15, -0.1) is 11.6 Å². The summed E-state index contributed by atoms with van der Waals surface area (Å²) in [6, 6.07) is 0. The molecule has 0 spiro atoms. The lowest BCUT2D eigenvalue weighted by Gasteiger charge is -2.14. The Labute approximate surface area is 79.0 Å². The maximum Gasteiger partial charge on any atom is 0.324 e. The monoisotopic (exact) mass is 195 g/mol. The molecule has 1 atom stereocenters. The van der Waals surface area contributed by atoms with Crippen LogP contribution in [-0.4, -0.2) is 17.5 Å². The summed E-state index contributed by atoms with van der Waals surface area (Å²) in [4.78, 5) is 11.0. The molecule has 4 heteroatoms. The Hall–Kier alpha value is -0.280. The third-order valence-corrected chi connectivity index (χ3v) is 1.84. The van der Waals surface area contributed by atoms with E-state index < -0.39 is 5.38 Å². The number of alkyl halides is 1. The number of hydrogen-bond acceptors (Lipinski definition) is 3. The first kappa shape index (κ1) is 14.3. The van der Waals surface area contributed by atoms with Crippen molar-refractivity contribution in [3.05, 3.63) is 0 Å². The number of esters is 1. The molecule has 0 aromatic carbocycles. The van der Waals surface area contributed by atoms with Crippen molar-refractivity contribution in [1.82, 2.24) is 6.15 Å². The van der Waals surface area contributed by atoms with Gasteiger partial charge >= 0.3 is 5.97 Å². The molecule has 0 bridgehead atoms.